The smallest absolute Gasteiger partial charge is 0.355 e. The van der Waals surface area contributed by atoms with Crippen molar-refractivity contribution in [2.24, 2.45) is 0 Å². The van der Waals surface area contributed by atoms with Gasteiger partial charge in [0, 0.05) is 43.6 Å². The van der Waals surface area contributed by atoms with E-state index in [0.29, 0.717) is 44.0 Å². The highest BCUT2D eigenvalue weighted by atomic mass is 19.4. The molecule has 6 nitrogen and oxygen atoms in total. The van der Waals surface area contributed by atoms with Gasteiger partial charge in [-0.05, 0) is 55.8 Å². The Morgan fingerprint density at radius 2 is 1.74 bits per heavy atom. The largest absolute Gasteiger partial charge is 0.417 e. The van der Waals surface area contributed by atoms with E-state index in [1.54, 1.807) is 4.90 Å². The molecule has 9 heteroatoms. The molecular formula is C26H24F3N5O. The number of imidazole rings is 1. The average molecular weight is 480 g/mol. The second-order valence-electron chi connectivity index (χ2n) is 8.57. The Hall–Kier alpha value is -3.88. The Morgan fingerprint density at radius 3 is 2.46 bits per heavy atom. The maximum absolute atomic E-state index is 13.3. The van der Waals surface area contributed by atoms with Gasteiger partial charge < -0.3 is 9.80 Å². The number of para-hydroxylation sites is 1. The zero-order valence-electron chi connectivity index (χ0n) is 19.2. The van der Waals surface area contributed by atoms with Crippen LogP contribution in [0.4, 0.5) is 19.0 Å². The molecule has 180 valence electrons. The maximum atomic E-state index is 13.3. The van der Waals surface area contributed by atoms with Crippen LogP contribution >= 0.6 is 0 Å². The summed E-state index contributed by atoms with van der Waals surface area (Å²) in [7, 11) is 0. The number of fused-ring (bicyclic) bond motifs is 1. The Balaban J connectivity index is 1.32. The number of pyridine rings is 1. The number of rotatable bonds is 3. The van der Waals surface area contributed by atoms with Gasteiger partial charge in [-0.25, -0.2) is 9.97 Å². The number of hydrogen-bond donors (Lipinski definition) is 0. The lowest BCUT2D eigenvalue weighted by atomic mass is 10.1. The van der Waals surface area contributed by atoms with Crippen LogP contribution in [0.15, 0.2) is 66.9 Å². The lowest BCUT2D eigenvalue weighted by Gasteiger charge is -2.23. The molecule has 35 heavy (non-hydrogen) atoms. The number of aromatic nitrogens is 3. The second kappa shape index (κ2) is 9.05. The molecule has 0 N–H and O–H groups in total. The molecule has 1 aliphatic heterocycles. The quantitative estimate of drug-likeness (QED) is 0.410. The number of nitrogens with zero attached hydrogens (tertiary/aromatic N) is 5. The van der Waals surface area contributed by atoms with Crippen molar-refractivity contribution in [1.82, 2.24) is 19.4 Å². The van der Waals surface area contributed by atoms with Gasteiger partial charge in [-0.2, -0.15) is 13.2 Å². The molecule has 1 aliphatic rings. The third kappa shape index (κ3) is 4.58. The summed E-state index contributed by atoms with van der Waals surface area (Å²) in [5.74, 6) is 1.24. The Bertz CT molecular complexity index is 1350. The highest BCUT2D eigenvalue weighted by molar-refractivity contribution is 5.97. The Labute approximate surface area is 200 Å². The van der Waals surface area contributed by atoms with Crippen molar-refractivity contribution in [2.75, 3.05) is 31.1 Å². The standard InChI is InChI=1S/C26H24F3N5O/c1-18-31-22-16-19(8-10-23(22)34(18)21-6-3-2-4-7-21)25(35)33-13-5-12-32(14-15-33)24-11-9-20(17-30-24)26(27,28)29/h2-4,6-11,16-17H,5,12-15H2,1H3. The molecule has 0 aliphatic carbocycles. The van der Waals surface area contributed by atoms with Gasteiger partial charge in [0.1, 0.15) is 11.6 Å². The van der Waals surface area contributed by atoms with Crippen molar-refractivity contribution in [3.8, 4) is 5.69 Å². The summed E-state index contributed by atoms with van der Waals surface area (Å²) < 4.78 is 40.6. The first-order valence-corrected chi connectivity index (χ1v) is 11.4. The van der Waals surface area contributed by atoms with Crippen LogP contribution in [-0.4, -0.2) is 51.5 Å². The fourth-order valence-electron chi connectivity index (χ4n) is 4.51. The molecular weight excluding hydrogens is 455 g/mol. The molecule has 0 spiro atoms. The van der Waals surface area contributed by atoms with Crippen molar-refractivity contribution in [3.63, 3.8) is 0 Å². The number of halogens is 3. The average Bonchev–Trinajstić information content (AvgIpc) is 3.01. The lowest BCUT2D eigenvalue weighted by molar-refractivity contribution is -0.137. The predicted molar refractivity (Wildman–Crippen MR) is 128 cm³/mol. The summed E-state index contributed by atoms with van der Waals surface area (Å²) in [6.45, 7) is 4.06. The first kappa shape index (κ1) is 22.9. The van der Waals surface area contributed by atoms with Crippen molar-refractivity contribution >= 4 is 22.8 Å². The second-order valence-corrected chi connectivity index (χ2v) is 8.57. The zero-order valence-corrected chi connectivity index (χ0v) is 19.2. The van der Waals surface area contributed by atoms with E-state index in [1.165, 1.54) is 6.07 Å². The van der Waals surface area contributed by atoms with E-state index in [1.807, 2.05) is 60.4 Å². The molecule has 0 saturated carbocycles. The summed E-state index contributed by atoms with van der Waals surface area (Å²) in [6.07, 6.45) is -2.86. The number of alkyl halides is 3. The Morgan fingerprint density at radius 1 is 0.943 bits per heavy atom. The molecule has 3 heterocycles. The minimum atomic E-state index is -4.41. The molecule has 1 saturated heterocycles. The van der Waals surface area contributed by atoms with Crippen molar-refractivity contribution in [1.29, 1.82) is 0 Å². The van der Waals surface area contributed by atoms with E-state index in [-0.39, 0.29) is 5.91 Å². The number of hydrogen-bond acceptors (Lipinski definition) is 4. The number of carbonyl (C=O) groups is 1. The molecule has 4 aromatic rings. The first-order chi connectivity index (χ1) is 16.8. The molecule has 0 bridgehead atoms. The molecule has 5 rings (SSSR count). The van der Waals surface area contributed by atoms with Gasteiger partial charge in [-0.15, -0.1) is 0 Å². The highest BCUT2D eigenvalue weighted by Crippen LogP contribution is 2.29. The van der Waals surface area contributed by atoms with Gasteiger partial charge in [0.15, 0.2) is 0 Å². The van der Waals surface area contributed by atoms with Gasteiger partial charge in [-0.1, -0.05) is 18.2 Å². The summed E-state index contributed by atoms with van der Waals surface area (Å²) in [5, 5.41) is 0. The van der Waals surface area contributed by atoms with Crippen LogP contribution in [-0.2, 0) is 6.18 Å². The number of carbonyl (C=O) groups excluding carboxylic acids is 1. The summed E-state index contributed by atoms with van der Waals surface area (Å²) in [6, 6.07) is 17.9. The van der Waals surface area contributed by atoms with E-state index >= 15 is 0 Å². The van der Waals surface area contributed by atoms with Gasteiger partial charge in [0.05, 0.1) is 16.6 Å². The fourth-order valence-corrected chi connectivity index (χ4v) is 4.51. The van der Waals surface area contributed by atoms with Crippen molar-refractivity contribution in [2.45, 2.75) is 19.5 Å². The van der Waals surface area contributed by atoms with E-state index < -0.39 is 11.7 Å². The first-order valence-electron chi connectivity index (χ1n) is 11.4. The topological polar surface area (TPSA) is 54.3 Å². The number of amides is 1. The van der Waals surface area contributed by atoms with Crippen molar-refractivity contribution in [3.05, 3.63) is 83.8 Å². The monoisotopic (exact) mass is 479 g/mol. The van der Waals surface area contributed by atoms with Crippen LogP contribution in [0.1, 0.15) is 28.2 Å². The third-order valence-corrected chi connectivity index (χ3v) is 6.27. The van der Waals surface area contributed by atoms with Gasteiger partial charge in [0.25, 0.3) is 5.91 Å². The van der Waals surface area contributed by atoms with E-state index in [9.17, 15) is 18.0 Å². The van der Waals surface area contributed by atoms with Crippen LogP contribution in [0, 0.1) is 6.92 Å². The van der Waals surface area contributed by atoms with Crippen LogP contribution in [0.3, 0.4) is 0 Å². The predicted octanol–water partition coefficient (Wildman–Crippen LogP) is 5.10. The van der Waals surface area contributed by atoms with Crippen LogP contribution in [0.2, 0.25) is 0 Å². The van der Waals surface area contributed by atoms with E-state index in [0.717, 1.165) is 34.8 Å². The molecule has 0 radical (unpaired) electrons. The van der Waals surface area contributed by atoms with Crippen molar-refractivity contribution < 1.29 is 18.0 Å². The zero-order chi connectivity index (χ0) is 24.6. The summed E-state index contributed by atoms with van der Waals surface area (Å²) in [5.41, 5.74) is 2.49. The minimum Gasteiger partial charge on any atom is -0.355 e. The number of benzene rings is 2. The highest BCUT2D eigenvalue weighted by Gasteiger charge is 2.31. The van der Waals surface area contributed by atoms with Crippen LogP contribution < -0.4 is 4.90 Å². The van der Waals surface area contributed by atoms with Crippen LogP contribution in [0.5, 0.6) is 0 Å². The Kier molecular flexibility index (Phi) is 5.92. The van der Waals surface area contributed by atoms with Gasteiger partial charge in [-0.3, -0.25) is 9.36 Å². The SMILES string of the molecule is Cc1nc2cc(C(=O)N3CCCN(c4ccc(C(F)(F)F)cn4)CC3)ccc2n1-c1ccccc1. The van der Waals surface area contributed by atoms with Crippen LogP contribution in [0.25, 0.3) is 16.7 Å². The molecule has 1 fully saturated rings. The molecule has 0 unspecified atom stereocenters. The van der Waals surface area contributed by atoms with E-state index in [2.05, 4.69) is 14.5 Å². The number of anilines is 1. The molecule has 1 amide bonds. The third-order valence-electron chi connectivity index (χ3n) is 6.27. The summed E-state index contributed by atoms with van der Waals surface area (Å²) >= 11 is 0. The van der Waals surface area contributed by atoms with E-state index in [4.69, 9.17) is 0 Å². The normalized spacial score (nSPS) is 14.9. The molecule has 2 aromatic carbocycles. The summed E-state index contributed by atoms with van der Waals surface area (Å²) in [4.78, 5) is 25.7. The number of aryl methyl sites for hydroxylation is 1. The maximum Gasteiger partial charge on any atom is 0.417 e. The lowest BCUT2D eigenvalue weighted by Crippen LogP contribution is -2.35. The molecule has 2 aromatic heterocycles. The van der Waals surface area contributed by atoms with Gasteiger partial charge in [0.2, 0.25) is 0 Å². The molecule has 0 atom stereocenters. The minimum absolute atomic E-state index is 0.0824. The fraction of sp³-hybridized carbons (Fsp3) is 0.269. The van der Waals surface area contributed by atoms with Gasteiger partial charge >= 0.3 is 6.18 Å².